The first-order valence-electron chi connectivity index (χ1n) is 8.87. The van der Waals surface area contributed by atoms with E-state index < -0.39 is 0 Å². The zero-order chi connectivity index (χ0) is 18.6. The zero-order valence-corrected chi connectivity index (χ0v) is 15.4. The first-order valence-corrected chi connectivity index (χ1v) is 9.25. The van der Waals surface area contributed by atoms with Crippen molar-refractivity contribution in [3.8, 4) is 0 Å². The van der Waals surface area contributed by atoms with Crippen molar-refractivity contribution < 1.29 is 4.79 Å². The van der Waals surface area contributed by atoms with Crippen LogP contribution in [-0.4, -0.2) is 17.4 Å². The summed E-state index contributed by atoms with van der Waals surface area (Å²) in [4.78, 5) is 16.0. The van der Waals surface area contributed by atoms with Gasteiger partial charge in [-0.05, 0) is 29.3 Å². The summed E-state index contributed by atoms with van der Waals surface area (Å²) in [6.45, 7) is 0.482. The Labute approximate surface area is 163 Å². The molecule has 0 fully saturated rings. The maximum absolute atomic E-state index is 12.6. The van der Waals surface area contributed by atoms with Gasteiger partial charge in [-0.3, -0.25) is 4.79 Å². The average molecular weight is 375 g/mol. The van der Waals surface area contributed by atoms with E-state index >= 15 is 0 Å². The Morgan fingerprint density at radius 2 is 1.63 bits per heavy atom. The second-order valence-electron chi connectivity index (χ2n) is 6.44. The van der Waals surface area contributed by atoms with Gasteiger partial charge in [0.1, 0.15) is 0 Å². The third-order valence-electron chi connectivity index (χ3n) is 4.78. The lowest BCUT2D eigenvalue weighted by Crippen LogP contribution is -2.29. The summed E-state index contributed by atoms with van der Waals surface area (Å²) in [5.74, 6) is -0.129. The fourth-order valence-corrected chi connectivity index (χ4v) is 3.63. The van der Waals surface area contributed by atoms with Crippen LogP contribution in [0.3, 0.4) is 0 Å². The van der Waals surface area contributed by atoms with Crippen LogP contribution in [0, 0.1) is 0 Å². The third kappa shape index (κ3) is 3.60. The quantitative estimate of drug-likeness (QED) is 0.483. The zero-order valence-electron chi connectivity index (χ0n) is 14.7. The molecule has 27 heavy (non-hydrogen) atoms. The van der Waals surface area contributed by atoms with Crippen molar-refractivity contribution >= 4 is 28.4 Å². The van der Waals surface area contributed by atoms with Crippen molar-refractivity contribution in [1.82, 2.24) is 10.3 Å². The van der Waals surface area contributed by atoms with E-state index in [2.05, 4.69) is 34.6 Å². The summed E-state index contributed by atoms with van der Waals surface area (Å²) < 4.78 is 0. The SMILES string of the molecule is O=C(NC[C@@H](c1ccccc1)c1c[nH]c2ccccc12)c1ccccc1Cl. The first-order chi connectivity index (χ1) is 13.2. The molecule has 134 valence electrons. The van der Waals surface area contributed by atoms with E-state index in [4.69, 9.17) is 11.6 Å². The predicted octanol–water partition coefficient (Wildman–Crippen LogP) is 5.38. The first kappa shape index (κ1) is 17.4. The van der Waals surface area contributed by atoms with E-state index in [9.17, 15) is 4.79 Å². The Balaban J connectivity index is 1.65. The molecule has 3 aromatic carbocycles. The summed E-state index contributed by atoms with van der Waals surface area (Å²) in [7, 11) is 0. The molecule has 0 saturated carbocycles. The molecule has 0 unspecified atom stereocenters. The normalized spacial score (nSPS) is 12.0. The van der Waals surface area contributed by atoms with Crippen LogP contribution in [0.5, 0.6) is 0 Å². The van der Waals surface area contributed by atoms with Crippen molar-refractivity contribution in [1.29, 1.82) is 0 Å². The number of hydrogen-bond donors (Lipinski definition) is 2. The fourth-order valence-electron chi connectivity index (χ4n) is 3.41. The molecule has 4 rings (SSSR count). The van der Waals surface area contributed by atoms with Gasteiger partial charge in [-0.2, -0.15) is 0 Å². The van der Waals surface area contributed by atoms with Crippen molar-refractivity contribution in [2.75, 3.05) is 6.54 Å². The van der Waals surface area contributed by atoms with E-state index in [0.29, 0.717) is 17.1 Å². The van der Waals surface area contributed by atoms with Gasteiger partial charge in [0.15, 0.2) is 0 Å². The largest absolute Gasteiger partial charge is 0.361 e. The van der Waals surface area contributed by atoms with E-state index in [1.807, 2.05) is 48.7 Å². The van der Waals surface area contributed by atoms with Gasteiger partial charge in [0, 0.05) is 29.6 Å². The number of hydrogen-bond acceptors (Lipinski definition) is 1. The molecule has 1 aromatic heterocycles. The summed E-state index contributed by atoms with van der Waals surface area (Å²) in [6, 6.07) is 25.5. The molecule has 1 heterocycles. The van der Waals surface area contributed by atoms with Crippen LogP contribution in [0.1, 0.15) is 27.4 Å². The summed E-state index contributed by atoms with van der Waals surface area (Å²) in [5.41, 5.74) is 3.90. The Morgan fingerprint density at radius 3 is 2.44 bits per heavy atom. The van der Waals surface area contributed by atoms with Gasteiger partial charge < -0.3 is 10.3 Å². The molecule has 3 nitrogen and oxygen atoms in total. The molecule has 4 heteroatoms. The minimum atomic E-state index is -0.165. The van der Waals surface area contributed by atoms with Crippen LogP contribution >= 0.6 is 11.6 Å². The molecule has 0 aliphatic rings. The molecular formula is C23H19ClN2O. The number of aromatic amines is 1. The van der Waals surface area contributed by atoms with E-state index in [1.54, 1.807) is 12.1 Å². The van der Waals surface area contributed by atoms with E-state index in [1.165, 1.54) is 5.39 Å². The summed E-state index contributed by atoms with van der Waals surface area (Å²) >= 11 is 6.16. The van der Waals surface area contributed by atoms with E-state index in [0.717, 1.165) is 16.6 Å². The number of aromatic nitrogens is 1. The number of nitrogens with one attached hydrogen (secondary N) is 2. The van der Waals surface area contributed by atoms with Gasteiger partial charge in [0.05, 0.1) is 10.6 Å². The summed E-state index contributed by atoms with van der Waals surface area (Å²) in [5, 5.41) is 4.68. The minimum Gasteiger partial charge on any atom is -0.361 e. The lowest BCUT2D eigenvalue weighted by Gasteiger charge is -2.18. The topological polar surface area (TPSA) is 44.9 Å². The molecule has 0 saturated heterocycles. The number of amides is 1. The smallest absolute Gasteiger partial charge is 0.252 e. The standard InChI is InChI=1S/C23H19ClN2O/c24-21-12-6-4-11-18(21)23(27)26-14-19(16-8-2-1-3-9-16)20-15-25-22-13-7-5-10-17(20)22/h1-13,15,19,25H,14H2,(H,26,27)/t19-/m0/s1. The lowest BCUT2D eigenvalue weighted by atomic mass is 9.91. The Kier molecular flexibility index (Phi) is 4.95. The Hall–Kier alpha value is -3.04. The Morgan fingerprint density at radius 1 is 0.926 bits per heavy atom. The van der Waals surface area contributed by atoms with Crippen LogP contribution in [0.15, 0.2) is 85.1 Å². The fraction of sp³-hybridized carbons (Fsp3) is 0.0870. The number of fused-ring (bicyclic) bond motifs is 1. The number of H-pyrrole nitrogens is 1. The molecule has 2 N–H and O–H groups in total. The van der Waals surface area contributed by atoms with Crippen LogP contribution < -0.4 is 5.32 Å². The van der Waals surface area contributed by atoms with Gasteiger partial charge in [-0.1, -0.05) is 72.3 Å². The van der Waals surface area contributed by atoms with Gasteiger partial charge in [-0.25, -0.2) is 0 Å². The maximum Gasteiger partial charge on any atom is 0.252 e. The number of carbonyl (C=O) groups excluding carboxylic acids is 1. The Bertz CT molecular complexity index is 1070. The molecule has 0 radical (unpaired) electrons. The van der Waals surface area contributed by atoms with Crippen molar-refractivity contribution in [3.05, 3.63) is 107 Å². The number of rotatable bonds is 5. The second-order valence-corrected chi connectivity index (χ2v) is 6.85. The molecule has 0 spiro atoms. The number of carbonyl (C=O) groups is 1. The monoisotopic (exact) mass is 374 g/mol. The van der Waals surface area contributed by atoms with Crippen LogP contribution in [-0.2, 0) is 0 Å². The number of halogens is 1. The predicted molar refractivity (Wildman–Crippen MR) is 110 cm³/mol. The van der Waals surface area contributed by atoms with Gasteiger partial charge in [0.2, 0.25) is 0 Å². The van der Waals surface area contributed by atoms with Crippen LogP contribution in [0.4, 0.5) is 0 Å². The second kappa shape index (κ2) is 7.68. The van der Waals surface area contributed by atoms with Crippen molar-refractivity contribution in [2.24, 2.45) is 0 Å². The molecule has 0 aliphatic heterocycles. The molecule has 0 aliphatic carbocycles. The molecule has 4 aromatic rings. The van der Waals surface area contributed by atoms with Gasteiger partial charge >= 0.3 is 0 Å². The maximum atomic E-state index is 12.6. The minimum absolute atomic E-state index is 0.0359. The molecule has 1 atom stereocenters. The van der Waals surface area contributed by atoms with E-state index in [-0.39, 0.29) is 11.8 Å². The molecule has 0 bridgehead atoms. The highest BCUT2D eigenvalue weighted by atomic mass is 35.5. The van der Waals surface area contributed by atoms with Crippen molar-refractivity contribution in [2.45, 2.75) is 5.92 Å². The number of para-hydroxylation sites is 1. The van der Waals surface area contributed by atoms with Crippen LogP contribution in [0.2, 0.25) is 5.02 Å². The van der Waals surface area contributed by atoms with Crippen molar-refractivity contribution in [3.63, 3.8) is 0 Å². The number of benzene rings is 3. The third-order valence-corrected chi connectivity index (χ3v) is 5.11. The molecular weight excluding hydrogens is 356 g/mol. The highest BCUT2D eigenvalue weighted by molar-refractivity contribution is 6.33. The summed E-state index contributed by atoms with van der Waals surface area (Å²) in [6.07, 6.45) is 2.03. The lowest BCUT2D eigenvalue weighted by molar-refractivity contribution is 0.0952. The highest BCUT2D eigenvalue weighted by Crippen LogP contribution is 2.30. The van der Waals surface area contributed by atoms with Gasteiger partial charge in [0.25, 0.3) is 5.91 Å². The average Bonchev–Trinajstić information content (AvgIpc) is 3.13. The highest BCUT2D eigenvalue weighted by Gasteiger charge is 2.19. The van der Waals surface area contributed by atoms with Crippen LogP contribution in [0.25, 0.3) is 10.9 Å². The van der Waals surface area contributed by atoms with Gasteiger partial charge in [-0.15, -0.1) is 0 Å². The molecule has 1 amide bonds.